The van der Waals surface area contributed by atoms with Crippen LogP contribution in [0.25, 0.3) is 0 Å². The van der Waals surface area contributed by atoms with E-state index in [1.54, 1.807) is 32.4 Å². The van der Waals surface area contributed by atoms with Crippen molar-refractivity contribution in [1.82, 2.24) is 4.72 Å². The van der Waals surface area contributed by atoms with Gasteiger partial charge >= 0.3 is 5.97 Å². The molecule has 136 valence electrons. The number of sulfonamides is 1. The molecular weight excluding hydrogens is 366 g/mol. The van der Waals surface area contributed by atoms with Crippen LogP contribution in [0.5, 0.6) is 11.5 Å². The molecule has 7 nitrogen and oxygen atoms in total. The first kappa shape index (κ1) is 19.2. The zero-order valence-electron chi connectivity index (χ0n) is 14.1. The Balaban J connectivity index is 2.09. The van der Waals surface area contributed by atoms with Crippen LogP contribution >= 0.6 is 11.3 Å². The average molecular weight is 385 g/mol. The molecule has 0 aliphatic heterocycles. The van der Waals surface area contributed by atoms with Crippen LogP contribution in [-0.4, -0.2) is 42.3 Å². The summed E-state index contributed by atoms with van der Waals surface area (Å²) < 4.78 is 42.3. The summed E-state index contributed by atoms with van der Waals surface area (Å²) in [5.41, 5.74) is 0.859. The third-order valence-electron chi connectivity index (χ3n) is 3.41. The van der Waals surface area contributed by atoms with Gasteiger partial charge in [-0.15, -0.1) is 11.3 Å². The van der Waals surface area contributed by atoms with Crippen LogP contribution in [0.3, 0.4) is 0 Å². The molecule has 2 aromatic rings. The molecule has 1 heterocycles. The van der Waals surface area contributed by atoms with E-state index in [4.69, 9.17) is 9.47 Å². The molecule has 1 aromatic carbocycles. The summed E-state index contributed by atoms with van der Waals surface area (Å²) in [7, 11) is 0.499. The van der Waals surface area contributed by atoms with E-state index in [9.17, 15) is 13.2 Å². The van der Waals surface area contributed by atoms with Gasteiger partial charge in [-0.2, -0.15) is 0 Å². The SMILES string of the molecule is COC(=O)c1sccc1S(=O)(=O)NCCc1cc(OC)cc(OC)c1. The molecule has 0 bridgehead atoms. The Morgan fingerprint density at radius 3 is 2.32 bits per heavy atom. The van der Waals surface area contributed by atoms with Crippen molar-refractivity contribution in [2.75, 3.05) is 27.9 Å². The third-order valence-corrected chi connectivity index (χ3v) is 5.93. The summed E-state index contributed by atoms with van der Waals surface area (Å²) in [5.74, 6) is 0.582. The van der Waals surface area contributed by atoms with Crippen molar-refractivity contribution in [3.8, 4) is 11.5 Å². The summed E-state index contributed by atoms with van der Waals surface area (Å²) >= 11 is 1.02. The minimum atomic E-state index is -3.81. The van der Waals surface area contributed by atoms with Crippen molar-refractivity contribution in [3.05, 3.63) is 40.1 Å². The first-order valence-electron chi connectivity index (χ1n) is 7.28. The molecular formula is C16H19NO6S2. The highest BCUT2D eigenvalue weighted by atomic mass is 32.2. The standard InChI is InChI=1S/C16H19NO6S2/c1-21-12-8-11(9-13(10-12)22-2)4-6-17-25(19,20)14-5-7-24-15(14)16(18)23-3/h5,7-10,17H,4,6H2,1-3H3. The maximum atomic E-state index is 12.4. The topological polar surface area (TPSA) is 90.9 Å². The second-order valence-electron chi connectivity index (χ2n) is 4.97. The minimum absolute atomic E-state index is 0.0537. The number of hydrogen-bond donors (Lipinski definition) is 1. The van der Waals surface area contributed by atoms with Crippen LogP contribution in [0.15, 0.2) is 34.5 Å². The lowest BCUT2D eigenvalue weighted by molar-refractivity contribution is 0.0602. The van der Waals surface area contributed by atoms with Gasteiger partial charge in [0.1, 0.15) is 21.3 Å². The van der Waals surface area contributed by atoms with Gasteiger partial charge in [-0.25, -0.2) is 17.9 Å². The van der Waals surface area contributed by atoms with Crippen LogP contribution in [0.4, 0.5) is 0 Å². The smallest absolute Gasteiger partial charge is 0.349 e. The van der Waals surface area contributed by atoms with Crippen LogP contribution in [-0.2, 0) is 21.2 Å². The van der Waals surface area contributed by atoms with Gasteiger partial charge < -0.3 is 14.2 Å². The number of carbonyl (C=O) groups is 1. The molecule has 0 spiro atoms. The van der Waals surface area contributed by atoms with Crippen LogP contribution in [0.2, 0.25) is 0 Å². The molecule has 1 N–H and O–H groups in total. The summed E-state index contributed by atoms with van der Waals surface area (Å²) in [5, 5.41) is 1.54. The molecule has 0 saturated heterocycles. The number of carbonyl (C=O) groups excluding carboxylic acids is 1. The molecule has 2 rings (SSSR count). The molecule has 0 atom stereocenters. The first-order chi connectivity index (χ1) is 11.9. The lowest BCUT2D eigenvalue weighted by atomic mass is 10.1. The van der Waals surface area contributed by atoms with Crippen molar-refractivity contribution in [2.45, 2.75) is 11.3 Å². The van der Waals surface area contributed by atoms with Crippen molar-refractivity contribution in [2.24, 2.45) is 0 Å². The number of esters is 1. The number of benzene rings is 1. The molecule has 25 heavy (non-hydrogen) atoms. The maximum absolute atomic E-state index is 12.4. The van der Waals surface area contributed by atoms with E-state index < -0.39 is 16.0 Å². The summed E-state index contributed by atoms with van der Waals surface area (Å²) in [6, 6.07) is 6.73. The van der Waals surface area contributed by atoms with Gasteiger partial charge in [-0.1, -0.05) is 0 Å². The fourth-order valence-corrected chi connectivity index (χ4v) is 4.53. The van der Waals surface area contributed by atoms with Crippen molar-refractivity contribution < 1.29 is 27.4 Å². The Morgan fingerprint density at radius 1 is 1.12 bits per heavy atom. The van der Waals surface area contributed by atoms with E-state index in [0.29, 0.717) is 17.9 Å². The third kappa shape index (κ3) is 4.71. The molecule has 0 amide bonds. The second kappa shape index (κ2) is 8.32. The van der Waals surface area contributed by atoms with Gasteiger partial charge in [0.05, 0.1) is 21.3 Å². The van der Waals surface area contributed by atoms with E-state index in [1.807, 2.05) is 0 Å². The quantitative estimate of drug-likeness (QED) is 0.700. The minimum Gasteiger partial charge on any atom is -0.497 e. The zero-order valence-corrected chi connectivity index (χ0v) is 15.7. The number of methoxy groups -OCH3 is 3. The number of thiophene rings is 1. The van der Waals surface area contributed by atoms with Crippen LogP contribution < -0.4 is 14.2 Å². The zero-order chi connectivity index (χ0) is 18.4. The number of rotatable bonds is 8. The summed E-state index contributed by atoms with van der Waals surface area (Å²) in [4.78, 5) is 11.6. The highest BCUT2D eigenvalue weighted by molar-refractivity contribution is 7.89. The summed E-state index contributed by atoms with van der Waals surface area (Å²) in [6.07, 6.45) is 0.435. The number of hydrogen-bond acceptors (Lipinski definition) is 7. The molecule has 0 radical (unpaired) electrons. The normalized spacial score (nSPS) is 11.2. The molecule has 0 saturated carbocycles. The Bertz CT molecular complexity index is 822. The maximum Gasteiger partial charge on any atom is 0.349 e. The monoisotopic (exact) mass is 385 g/mol. The van der Waals surface area contributed by atoms with Crippen LogP contribution in [0.1, 0.15) is 15.2 Å². The average Bonchev–Trinajstić information content (AvgIpc) is 3.11. The molecule has 9 heteroatoms. The Morgan fingerprint density at radius 2 is 1.76 bits per heavy atom. The van der Waals surface area contributed by atoms with Gasteiger partial charge in [0.15, 0.2) is 0 Å². The van der Waals surface area contributed by atoms with E-state index in [0.717, 1.165) is 16.9 Å². The fraction of sp³-hybridized carbons (Fsp3) is 0.312. The fourth-order valence-electron chi connectivity index (χ4n) is 2.17. The van der Waals surface area contributed by atoms with Gasteiger partial charge in [-0.05, 0) is 35.6 Å². The second-order valence-corrected chi connectivity index (χ2v) is 7.63. The predicted molar refractivity (Wildman–Crippen MR) is 94.1 cm³/mol. The molecule has 0 unspecified atom stereocenters. The van der Waals surface area contributed by atoms with Gasteiger partial charge in [0.2, 0.25) is 10.0 Å². The number of ether oxygens (including phenoxy) is 3. The van der Waals surface area contributed by atoms with E-state index in [2.05, 4.69) is 9.46 Å². The Hall–Kier alpha value is -2.10. The summed E-state index contributed by atoms with van der Waals surface area (Å²) in [6.45, 7) is 0.162. The van der Waals surface area contributed by atoms with E-state index in [1.165, 1.54) is 18.6 Å². The van der Waals surface area contributed by atoms with E-state index in [-0.39, 0.29) is 16.3 Å². The van der Waals surface area contributed by atoms with E-state index >= 15 is 0 Å². The first-order valence-corrected chi connectivity index (χ1v) is 9.65. The lowest BCUT2D eigenvalue weighted by Gasteiger charge is -2.10. The highest BCUT2D eigenvalue weighted by Gasteiger charge is 2.24. The van der Waals surface area contributed by atoms with Crippen molar-refractivity contribution in [1.29, 1.82) is 0 Å². The van der Waals surface area contributed by atoms with Gasteiger partial charge in [-0.3, -0.25) is 0 Å². The molecule has 0 aliphatic rings. The molecule has 0 fully saturated rings. The largest absolute Gasteiger partial charge is 0.497 e. The van der Waals surface area contributed by atoms with Crippen molar-refractivity contribution in [3.63, 3.8) is 0 Å². The Kier molecular flexibility index (Phi) is 6.40. The van der Waals surface area contributed by atoms with Crippen LogP contribution in [0, 0.1) is 0 Å². The van der Waals surface area contributed by atoms with Gasteiger partial charge in [0.25, 0.3) is 0 Å². The number of nitrogens with one attached hydrogen (secondary N) is 1. The molecule has 1 aromatic heterocycles. The lowest BCUT2D eigenvalue weighted by Crippen LogP contribution is -2.27. The van der Waals surface area contributed by atoms with Gasteiger partial charge in [0, 0.05) is 12.6 Å². The molecule has 0 aliphatic carbocycles. The predicted octanol–water partition coefficient (Wildman–Crippen LogP) is 2.07. The Labute approximate surface area is 150 Å². The highest BCUT2D eigenvalue weighted by Crippen LogP contribution is 2.24. The van der Waals surface area contributed by atoms with Crippen molar-refractivity contribution >= 4 is 27.3 Å².